The van der Waals surface area contributed by atoms with Gasteiger partial charge in [-0.05, 0) is 5.41 Å². The number of carbonyl (C=O) groups is 2. The maximum absolute atomic E-state index is 11.0. The van der Waals surface area contributed by atoms with E-state index in [1.54, 1.807) is 20.8 Å². The predicted octanol–water partition coefficient (Wildman–Crippen LogP) is 0.991. The molecule has 0 atom stereocenters. The molecule has 0 bridgehead atoms. The van der Waals surface area contributed by atoms with Crippen LogP contribution in [0.15, 0.2) is 11.6 Å². The molecular formula is C8H12O6. The van der Waals surface area contributed by atoms with Crippen LogP contribution in [0.1, 0.15) is 20.8 Å². The maximum atomic E-state index is 11.0. The molecule has 80 valence electrons. The van der Waals surface area contributed by atoms with Gasteiger partial charge in [-0.25, -0.2) is 9.59 Å². The first-order chi connectivity index (χ1) is 6.32. The van der Waals surface area contributed by atoms with Crippen LogP contribution in [0.3, 0.4) is 0 Å². The Bertz CT molecular complexity index is 259. The molecule has 6 heteroatoms. The molecule has 0 saturated heterocycles. The van der Waals surface area contributed by atoms with Crippen molar-refractivity contribution in [2.24, 2.45) is 5.41 Å². The second-order valence-electron chi connectivity index (χ2n) is 3.60. The normalized spacial score (nSPS) is 12.2. The van der Waals surface area contributed by atoms with Crippen molar-refractivity contribution in [3.63, 3.8) is 0 Å². The van der Waals surface area contributed by atoms with Crippen molar-refractivity contribution >= 4 is 11.9 Å². The van der Waals surface area contributed by atoms with E-state index >= 15 is 0 Å². The quantitative estimate of drug-likeness (QED) is 0.396. The zero-order valence-corrected chi connectivity index (χ0v) is 8.10. The summed E-state index contributed by atoms with van der Waals surface area (Å²) in [5.41, 5.74) is -0.826. The van der Waals surface area contributed by atoms with Crippen LogP contribution in [0, 0.1) is 5.41 Å². The third-order valence-corrected chi connectivity index (χ3v) is 1.46. The highest BCUT2D eigenvalue weighted by Crippen LogP contribution is 2.25. The number of carbonyl (C=O) groups excluding carboxylic acids is 2. The largest absolute Gasteiger partial charge is 0.369 e. The molecule has 14 heavy (non-hydrogen) atoms. The van der Waals surface area contributed by atoms with Gasteiger partial charge in [-0.2, -0.15) is 10.5 Å². The van der Waals surface area contributed by atoms with E-state index in [-0.39, 0.29) is 5.57 Å². The van der Waals surface area contributed by atoms with E-state index in [0.29, 0.717) is 0 Å². The summed E-state index contributed by atoms with van der Waals surface area (Å²) < 4.78 is 0. The van der Waals surface area contributed by atoms with E-state index in [1.807, 2.05) is 0 Å². The monoisotopic (exact) mass is 204 g/mol. The van der Waals surface area contributed by atoms with Gasteiger partial charge in [0, 0.05) is 6.08 Å². The lowest BCUT2D eigenvalue weighted by Crippen LogP contribution is -2.21. The Balaban J connectivity index is 5.02. The Labute approximate surface area is 80.6 Å². The van der Waals surface area contributed by atoms with Gasteiger partial charge in [-0.1, -0.05) is 20.8 Å². The lowest BCUT2D eigenvalue weighted by molar-refractivity contribution is -0.232. The summed E-state index contributed by atoms with van der Waals surface area (Å²) in [6.07, 6.45) is 0.749. The van der Waals surface area contributed by atoms with Crippen molar-refractivity contribution < 1.29 is 29.9 Å². The highest BCUT2D eigenvalue weighted by Gasteiger charge is 2.27. The second kappa shape index (κ2) is 4.73. The summed E-state index contributed by atoms with van der Waals surface area (Å²) >= 11 is 0. The van der Waals surface area contributed by atoms with Gasteiger partial charge in [-0.15, -0.1) is 0 Å². The lowest BCUT2D eigenvalue weighted by atomic mass is 9.86. The van der Waals surface area contributed by atoms with E-state index < -0.39 is 17.4 Å². The van der Waals surface area contributed by atoms with Gasteiger partial charge in [0.25, 0.3) is 0 Å². The lowest BCUT2D eigenvalue weighted by Gasteiger charge is -2.19. The van der Waals surface area contributed by atoms with Gasteiger partial charge < -0.3 is 0 Å². The van der Waals surface area contributed by atoms with Crippen molar-refractivity contribution in [3.05, 3.63) is 11.6 Å². The number of hydrogen-bond donors (Lipinski definition) is 2. The molecule has 2 N–H and O–H groups in total. The predicted molar refractivity (Wildman–Crippen MR) is 45.0 cm³/mol. The van der Waals surface area contributed by atoms with E-state index in [0.717, 1.165) is 6.08 Å². The molecule has 0 rings (SSSR count). The highest BCUT2D eigenvalue weighted by molar-refractivity contribution is 5.96. The number of rotatable bonds is 2. The first kappa shape index (κ1) is 12.6. The Morgan fingerprint density at radius 1 is 1.14 bits per heavy atom. The topological polar surface area (TPSA) is 93.1 Å². The fourth-order valence-electron chi connectivity index (χ4n) is 0.775. The summed E-state index contributed by atoms with van der Waals surface area (Å²) in [4.78, 5) is 28.5. The molecule has 0 aliphatic carbocycles. The van der Waals surface area contributed by atoms with Crippen molar-refractivity contribution in [1.82, 2.24) is 0 Å². The number of hydrogen-bond acceptors (Lipinski definition) is 6. The molecule has 0 aromatic carbocycles. The summed E-state index contributed by atoms with van der Waals surface area (Å²) in [6, 6.07) is 0. The minimum absolute atomic E-state index is 0.112. The smallest absolute Gasteiger partial charge is 0.296 e. The minimum Gasteiger partial charge on any atom is -0.296 e. The van der Waals surface area contributed by atoms with E-state index in [2.05, 4.69) is 9.78 Å². The first-order valence-electron chi connectivity index (χ1n) is 3.76. The molecule has 0 radical (unpaired) electrons. The van der Waals surface area contributed by atoms with E-state index in [4.69, 9.17) is 10.5 Å². The third-order valence-electron chi connectivity index (χ3n) is 1.46. The summed E-state index contributed by atoms with van der Waals surface area (Å²) in [5.74, 6) is -2.18. The molecule has 0 fully saturated rings. The standard InChI is InChI=1S/C8H12O6/c1-8(2,3)5(7(10)14-12)4-6(9)13-11/h4,11-12H,1-3H3/b5-4+. The third kappa shape index (κ3) is 3.55. The maximum Gasteiger partial charge on any atom is 0.369 e. The Morgan fingerprint density at radius 3 is 1.93 bits per heavy atom. The molecule has 0 unspecified atom stereocenters. The van der Waals surface area contributed by atoms with Crippen LogP contribution in [0.2, 0.25) is 0 Å². The molecular weight excluding hydrogens is 192 g/mol. The van der Waals surface area contributed by atoms with Gasteiger partial charge in [-0.3, -0.25) is 9.78 Å². The average Bonchev–Trinajstić information content (AvgIpc) is 2.10. The van der Waals surface area contributed by atoms with Gasteiger partial charge in [0.05, 0.1) is 5.57 Å². The molecule has 0 spiro atoms. The zero-order chi connectivity index (χ0) is 11.4. The average molecular weight is 204 g/mol. The van der Waals surface area contributed by atoms with Gasteiger partial charge in [0.1, 0.15) is 0 Å². The molecule has 0 amide bonds. The Kier molecular flexibility index (Phi) is 4.26. The fraction of sp³-hybridized carbons (Fsp3) is 0.500. The van der Waals surface area contributed by atoms with Gasteiger partial charge >= 0.3 is 11.9 Å². The zero-order valence-electron chi connectivity index (χ0n) is 8.10. The SMILES string of the molecule is CC(C)(C)/C(=C/C(=O)OO)C(=O)OO. The van der Waals surface area contributed by atoms with Crippen LogP contribution < -0.4 is 0 Å². The van der Waals surface area contributed by atoms with Gasteiger partial charge in [0.15, 0.2) is 0 Å². The molecule has 0 heterocycles. The van der Waals surface area contributed by atoms with Crippen molar-refractivity contribution in [2.45, 2.75) is 20.8 Å². The first-order valence-corrected chi connectivity index (χ1v) is 3.76. The van der Waals surface area contributed by atoms with E-state index in [9.17, 15) is 9.59 Å². The fourth-order valence-corrected chi connectivity index (χ4v) is 0.775. The summed E-state index contributed by atoms with van der Waals surface area (Å²) in [7, 11) is 0. The molecule has 0 aromatic heterocycles. The van der Waals surface area contributed by atoms with Crippen molar-refractivity contribution in [3.8, 4) is 0 Å². The molecule has 0 aromatic rings. The van der Waals surface area contributed by atoms with Crippen LogP contribution in [0.25, 0.3) is 0 Å². The van der Waals surface area contributed by atoms with Crippen LogP contribution in [0.4, 0.5) is 0 Å². The summed E-state index contributed by atoms with van der Waals surface area (Å²) in [6.45, 7) is 4.88. The van der Waals surface area contributed by atoms with Crippen molar-refractivity contribution in [2.75, 3.05) is 0 Å². The second-order valence-corrected chi connectivity index (χ2v) is 3.60. The molecule has 0 aliphatic rings. The van der Waals surface area contributed by atoms with Crippen LogP contribution in [-0.2, 0) is 19.4 Å². The van der Waals surface area contributed by atoms with Crippen LogP contribution in [-0.4, -0.2) is 22.5 Å². The Morgan fingerprint density at radius 2 is 1.64 bits per heavy atom. The van der Waals surface area contributed by atoms with Crippen molar-refractivity contribution in [1.29, 1.82) is 0 Å². The van der Waals surface area contributed by atoms with Crippen LogP contribution >= 0.6 is 0 Å². The van der Waals surface area contributed by atoms with E-state index in [1.165, 1.54) is 0 Å². The van der Waals surface area contributed by atoms with Gasteiger partial charge in [0.2, 0.25) is 0 Å². The Hall–Kier alpha value is -1.40. The molecule has 6 nitrogen and oxygen atoms in total. The minimum atomic E-state index is -1.11. The van der Waals surface area contributed by atoms with Crippen LogP contribution in [0.5, 0.6) is 0 Å². The molecule has 0 saturated carbocycles. The summed E-state index contributed by atoms with van der Waals surface area (Å²) in [5, 5.41) is 16.1. The highest BCUT2D eigenvalue weighted by atomic mass is 17.1. The molecule has 0 aliphatic heterocycles.